The van der Waals surface area contributed by atoms with Gasteiger partial charge in [-0.3, -0.25) is 14.9 Å². The van der Waals surface area contributed by atoms with Crippen molar-refractivity contribution in [3.05, 3.63) is 39.4 Å². The highest BCUT2D eigenvalue weighted by atomic mass is 19.1. The molecule has 0 aliphatic rings. The van der Waals surface area contributed by atoms with Crippen LogP contribution in [-0.4, -0.2) is 41.9 Å². The minimum Gasteiger partial charge on any atom is -0.351 e. The van der Waals surface area contributed by atoms with Gasteiger partial charge in [0.05, 0.1) is 4.92 Å². The molecular weight excluding hydrogens is 284 g/mol. The highest BCUT2D eigenvalue weighted by molar-refractivity contribution is 5.95. The first-order chi connectivity index (χ1) is 9.75. The number of nitro benzene ring substituents is 1. The van der Waals surface area contributed by atoms with Crippen LogP contribution in [0.3, 0.4) is 0 Å². The Morgan fingerprint density at radius 2 is 2.05 bits per heavy atom. The van der Waals surface area contributed by atoms with E-state index in [4.69, 9.17) is 0 Å². The molecule has 8 heteroatoms. The van der Waals surface area contributed by atoms with E-state index in [1.807, 2.05) is 25.8 Å². The predicted molar refractivity (Wildman–Crippen MR) is 73.1 cm³/mol. The second-order valence-electron chi connectivity index (χ2n) is 4.84. The Kier molecular flexibility index (Phi) is 5.71. The van der Waals surface area contributed by atoms with Gasteiger partial charge in [0.2, 0.25) is 5.82 Å². The van der Waals surface area contributed by atoms with E-state index >= 15 is 0 Å². The van der Waals surface area contributed by atoms with Gasteiger partial charge in [-0.15, -0.1) is 0 Å². The van der Waals surface area contributed by atoms with Crippen molar-refractivity contribution in [3.63, 3.8) is 0 Å². The molecule has 1 aromatic rings. The van der Waals surface area contributed by atoms with Crippen molar-refractivity contribution in [2.75, 3.05) is 20.1 Å². The number of halogens is 2. The quantitative estimate of drug-likeness (QED) is 0.643. The number of nitrogens with one attached hydrogen (secondary N) is 1. The van der Waals surface area contributed by atoms with Crippen LogP contribution in [0, 0.1) is 21.7 Å². The van der Waals surface area contributed by atoms with Crippen LogP contribution >= 0.6 is 0 Å². The molecule has 0 fully saturated rings. The van der Waals surface area contributed by atoms with Crippen LogP contribution in [0.1, 0.15) is 24.2 Å². The fourth-order valence-corrected chi connectivity index (χ4v) is 1.58. The van der Waals surface area contributed by atoms with Gasteiger partial charge < -0.3 is 10.2 Å². The summed E-state index contributed by atoms with van der Waals surface area (Å²) in [6.45, 7) is 4.58. The summed E-state index contributed by atoms with van der Waals surface area (Å²) in [6, 6.07) is 1.65. The summed E-state index contributed by atoms with van der Waals surface area (Å²) in [5.74, 6) is -3.60. The molecule has 0 heterocycles. The number of amides is 1. The molecule has 6 nitrogen and oxygen atoms in total. The van der Waals surface area contributed by atoms with E-state index in [0.717, 1.165) is 0 Å². The van der Waals surface area contributed by atoms with Gasteiger partial charge in [0.25, 0.3) is 5.91 Å². The number of hydrogen-bond acceptors (Lipinski definition) is 4. The molecule has 1 amide bonds. The molecule has 116 valence electrons. The molecule has 0 saturated carbocycles. The molecule has 1 rings (SSSR count). The lowest BCUT2D eigenvalue weighted by atomic mass is 10.1. The number of benzene rings is 1. The van der Waals surface area contributed by atoms with E-state index < -0.39 is 33.7 Å². The van der Waals surface area contributed by atoms with Crippen LogP contribution in [0.4, 0.5) is 14.5 Å². The number of nitro groups is 1. The molecule has 0 bridgehead atoms. The average Bonchev–Trinajstić information content (AvgIpc) is 2.37. The standard InChI is InChI=1S/C13H17F2N3O3/c1-8(2)17(3)7-6-16-13(19)11-9(14)4-5-10(12(11)15)18(20)21/h4-5,8H,6-7H2,1-3H3,(H,16,19). The van der Waals surface area contributed by atoms with Crippen LogP contribution in [0.15, 0.2) is 12.1 Å². The van der Waals surface area contributed by atoms with Gasteiger partial charge in [0.15, 0.2) is 0 Å². The van der Waals surface area contributed by atoms with E-state index in [9.17, 15) is 23.7 Å². The first-order valence-electron chi connectivity index (χ1n) is 6.36. The highest BCUT2D eigenvalue weighted by Crippen LogP contribution is 2.22. The zero-order valence-electron chi connectivity index (χ0n) is 12.0. The van der Waals surface area contributed by atoms with Crippen LogP contribution < -0.4 is 5.32 Å². The summed E-state index contributed by atoms with van der Waals surface area (Å²) >= 11 is 0. The first-order valence-corrected chi connectivity index (χ1v) is 6.36. The summed E-state index contributed by atoms with van der Waals surface area (Å²) in [4.78, 5) is 23.3. The molecule has 0 atom stereocenters. The lowest BCUT2D eigenvalue weighted by Crippen LogP contribution is -2.36. The van der Waals surface area contributed by atoms with Crippen molar-refractivity contribution in [2.24, 2.45) is 0 Å². The van der Waals surface area contributed by atoms with Crippen molar-refractivity contribution < 1.29 is 18.5 Å². The average molecular weight is 301 g/mol. The Morgan fingerprint density at radius 1 is 1.43 bits per heavy atom. The maximum atomic E-state index is 13.8. The van der Waals surface area contributed by atoms with Gasteiger partial charge in [-0.1, -0.05) is 0 Å². The maximum absolute atomic E-state index is 13.8. The molecule has 0 saturated heterocycles. The lowest BCUT2D eigenvalue weighted by molar-refractivity contribution is -0.387. The second-order valence-corrected chi connectivity index (χ2v) is 4.84. The third kappa shape index (κ3) is 4.19. The van der Waals surface area contributed by atoms with E-state index in [1.54, 1.807) is 0 Å². The summed E-state index contributed by atoms with van der Waals surface area (Å²) in [5.41, 5.74) is -1.86. The van der Waals surface area contributed by atoms with E-state index in [1.165, 1.54) is 0 Å². The molecular formula is C13H17F2N3O3. The Hall–Kier alpha value is -2.09. The minimum atomic E-state index is -1.46. The van der Waals surface area contributed by atoms with Crippen molar-refractivity contribution >= 4 is 11.6 Å². The number of nitrogens with zero attached hydrogens (tertiary/aromatic N) is 2. The fourth-order valence-electron chi connectivity index (χ4n) is 1.58. The number of hydrogen-bond donors (Lipinski definition) is 1. The zero-order chi connectivity index (χ0) is 16.2. The molecule has 0 aliphatic carbocycles. The molecule has 1 aromatic carbocycles. The molecule has 1 N–H and O–H groups in total. The highest BCUT2D eigenvalue weighted by Gasteiger charge is 2.25. The van der Waals surface area contributed by atoms with Gasteiger partial charge in [-0.25, -0.2) is 4.39 Å². The molecule has 0 aromatic heterocycles. The topological polar surface area (TPSA) is 75.5 Å². The summed E-state index contributed by atoms with van der Waals surface area (Å²) in [6.07, 6.45) is 0. The molecule has 0 spiro atoms. The third-order valence-electron chi connectivity index (χ3n) is 3.13. The lowest BCUT2D eigenvalue weighted by Gasteiger charge is -2.20. The van der Waals surface area contributed by atoms with Gasteiger partial charge in [-0.05, 0) is 27.0 Å². The van der Waals surface area contributed by atoms with Gasteiger partial charge in [-0.2, -0.15) is 4.39 Å². The van der Waals surface area contributed by atoms with Crippen molar-refractivity contribution in [1.82, 2.24) is 10.2 Å². The predicted octanol–water partition coefficient (Wildman–Crippen LogP) is 1.94. The summed E-state index contributed by atoms with van der Waals surface area (Å²) in [5, 5.41) is 12.9. The summed E-state index contributed by atoms with van der Waals surface area (Å²) < 4.78 is 27.3. The van der Waals surface area contributed by atoms with Gasteiger partial charge in [0, 0.05) is 25.2 Å². The van der Waals surface area contributed by atoms with Crippen molar-refractivity contribution in [3.8, 4) is 0 Å². The fraction of sp³-hybridized carbons (Fsp3) is 0.462. The Balaban J connectivity index is 2.83. The van der Waals surface area contributed by atoms with Gasteiger partial charge >= 0.3 is 5.69 Å². The summed E-state index contributed by atoms with van der Waals surface area (Å²) in [7, 11) is 1.84. The van der Waals surface area contributed by atoms with Gasteiger partial charge in [0.1, 0.15) is 11.4 Å². The molecule has 0 unspecified atom stereocenters. The van der Waals surface area contributed by atoms with Crippen LogP contribution in [0.2, 0.25) is 0 Å². The molecule has 0 radical (unpaired) electrons. The van der Waals surface area contributed by atoms with Crippen molar-refractivity contribution in [2.45, 2.75) is 19.9 Å². The largest absolute Gasteiger partial charge is 0.351 e. The van der Waals surface area contributed by atoms with Crippen molar-refractivity contribution in [1.29, 1.82) is 0 Å². The monoisotopic (exact) mass is 301 g/mol. The Morgan fingerprint density at radius 3 is 2.57 bits per heavy atom. The molecule has 0 aliphatic heterocycles. The zero-order valence-corrected chi connectivity index (χ0v) is 12.0. The minimum absolute atomic E-state index is 0.176. The van der Waals surface area contributed by atoms with Crippen LogP contribution in [0.25, 0.3) is 0 Å². The van der Waals surface area contributed by atoms with Crippen LogP contribution in [-0.2, 0) is 0 Å². The Labute approximate surface area is 120 Å². The van der Waals surface area contributed by atoms with E-state index in [0.29, 0.717) is 18.7 Å². The van der Waals surface area contributed by atoms with E-state index in [2.05, 4.69) is 5.32 Å². The third-order valence-corrected chi connectivity index (χ3v) is 3.13. The number of likely N-dealkylation sites (N-methyl/N-ethyl adjacent to an activating group) is 1. The van der Waals surface area contributed by atoms with Crippen LogP contribution in [0.5, 0.6) is 0 Å². The first kappa shape index (κ1) is 17.0. The maximum Gasteiger partial charge on any atom is 0.305 e. The normalized spacial score (nSPS) is 11.0. The van der Waals surface area contributed by atoms with E-state index in [-0.39, 0.29) is 12.6 Å². The molecule has 21 heavy (non-hydrogen) atoms. The smallest absolute Gasteiger partial charge is 0.305 e. The number of carbonyl (C=O) groups is 1. The second kappa shape index (κ2) is 7.07. The number of carbonyl (C=O) groups excluding carboxylic acids is 1. The Bertz CT molecular complexity index is 550. The number of rotatable bonds is 6. The SMILES string of the molecule is CC(C)N(C)CCNC(=O)c1c(F)ccc([N+](=O)[O-])c1F.